The van der Waals surface area contributed by atoms with Gasteiger partial charge in [-0.05, 0) is 50.8 Å². The van der Waals surface area contributed by atoms with Gasteiger partial charge in [-0.2, -0.15) is 5.26 Å². The van der Waals surface area contributed by atoms with Crippen LogP contribution in [0.5, 0.6) is 5.88 Å². The number of nitrogens with zero attached hydrogens (tertiary/aromatic N) is 4. The Morgan fingerprint density at radius 3 is 2.32 bits per heavy atom. The van der Waals surface area contributed by atoms with Crippen molar-refractivity contribution >= 4 is 23.6 Å². The summed E-state index contributed by atoms with van der Waals surface area (Å²) in [6.45, 7) is 13.9. The van der Waals surface area contributed by atoms with Crippen molar-refractivity contribution in [3.8, 4) is 11.9 Å². The molecule has 2 rings (SSSR count). The van der Waals surface area contributed by atoms with Crippen molar-refractivity contribution < 1.29 is 14.7 Å². The highest BCUT2D eigenvalue weighted by atomic mass is 16.3. The molecule has 0 bridgehead atoms. The number of pyridine rings is 1. The number of imide groups is 1. The molecule has 1 aliphatic heterocycles. The largest absolute Gasteiger partial charge is 0.869 e. The van der Waals surface area contributed by atoms with Gasteiger partial charge in [0.2, 0.25) is 0 Å². The summed E-state index contributed by atoms with van der Waals surface area (Å²) < 4.78 is 1.01. The molecular weight excluding hydrogens is 396 g/mol. The summed E-state index contributed by atoms with van der Waals surface area (Å²) in [6.07, 6.45) is 7.68. The average molecular weight is 417 g/mol. The van der Waals surface area contributed by atoms with Crippen molar-refractivity contribution in [2.24, 2.45) is 0 Å². The zero-order chi connectivity index (χ0) is 23.3. The lowest BCUT2D eigenvalue weighted by molar-refractivity contribution is -0.278. The van der Waals surface area contributed by atoms with E-state index in [4.69, 9.17) is 6.57 Å². The molecule has 31 heavy (non-hydrogen) atoms. The lowest BCUT2D eigenvalue weighted by Gasteiger charge is -2.25. The number of rotatable bonds is 5. The first-order chi connectivity index (χ1) is 14.7. The van der Waals surface area contributed by atoms with Crippen molar-refractivity contribution in [1.29, 1.82) is 5.26 Å². The molecule has 0 spiro atoms. The topological polar surface area (TPSA) is 111 Å². The van der Waals surface area contributed by atoms with Gasteiger partial charge in [-0.25, -0.2) is 4.85 Å². The summed E-state index contributed by atoms with van der Waals surface area (Å²) in [5.74, 6) is -1.68. The Bertz CT molecular complexity index is 1210. The van der Waals surface area contributed by atoms with Crippen molar-refractivity contribution in [2.75, 3.05) is 6.54 Å². The second-order valence-electron chi connectivity index (χ2n) is 6.64. The van der Waals surface area contributed by atoms with Crippen LogP contribution < -0.4 is 10.7 Å². The number of aromatic nitrogens is 1. The smallest absolute Gasteiger partial charge is 0.271 e. The molecule has 0 fully saturated rings. The van der Waals surface area contributed by atoms with Gasteiger partial charge in [-0.15, -0.1) is 0 Å². The maximum Gasteiger partial charge on any atom is 0.271 e. The van der Waals surface area contributed by atoms with E-state index in [2.05, 4.69) is 4.85 Å². The second kappa shape index (κ2) is 9.55. The molecule has 2 amide bonds. The van der Waals surface area contributed by atoms with E-state index in [0.717, 1.165) is 9.47 Å². The number of hydrogen-bond acceptors (Lipinski definition) is 5. The van der Waals surface area contributed by atoms with Crippen LogP contribution in [0.25, 0.3) is 10.9 Å². The summed E-state index contributed by atoms with van der Waals surface area (Å²) >= 11 is 0. The first kappa shape index (κ1) is 23.1. The minimum absolute atomic E-state index is 0.0724. The fourth-order valence-corrected chi connectivity index (χ4v) is 3.24. The molecule has 0 unspecified atom stereocenters. The molecule has 8 nitrogen and oxygen atoms in total. The third-order valence-electron chi connectivity index (χ3n) is 5.00. The quantitative estimate of drug-likeness (QED) is 0.316. The summed E-state index contributed by atoms with van der Waals surface area (Å²) in [5, 5.41) is 21.4. The number of nitriles is 1. The van der Waals surface area contributed by atoms with E-state index in [9.17, 15) is 24.8 Å². The molecule has 0 aromatic carbocycles. The highest BCUT2D eigenvalue weighted by Crippen LogP contribution is 2.29. The van der Waals surface area contributed by atoms with E-state index in [-0.39, 0.29) is 35.5 Å². The van der Waals surface area contributed by atoms with Gasteiger partial charge in [0.1, 0.15) is 11.6 Å². The van der Waals surface area contributed by atoms with Gasteiger partial charge >= 0.3 is 0 Å². The minimum Gasteiger partial charge on any atom is -0.869 e. The van der Waals surface area contributed by atoms with Crippen LogP contribution in [-0.2, 0) is 16.1 Å². The Balaban J connectivity index is 2.43. The van der Waals surface area contributed by atoms with Gasteiger partial charge < -0.3 is 9.67 Å². The van der Waals surface area contributed by atoms with Crippen LogP contribution in [0.1, 0.15) is 31.9 Å². The van der Waals surface area contributed by atoms with Crippen molar-refractivity contribution in [1.82, 2.24) is 9.47 Å². The zero-order valence-electron chi connectivity index (χ0n) is 17.7. The third kappa shape index (κ3) is 4.10. The van der Waals surface area contributed by atoms with Crippen LogP contribution in [0.3, 0.4) is 0 Å². The molecule has 8 heteroatoms. The molecule has 0 saturated carbocycles. The number of likely N-dealkylation sites (N-methyl/N-ethyl adjacent to an activating group) is 1. The van der Waals surface area contributed by atoms with Gasteiger partial charge in [-0.1, -0.05) is 24.3 Å². The molecule has 158 valence electrons. The predicted molar refractivity (Wildman–Crippen MR) is 114 cm³/mol. The normalized spacial score (nSPS) is 15.9. The van der Waals surface area contributed by atoms with E-state index in [1.807, 2.05) is 6.07 Å². The maximum absolute atomic E-state index is 12.5. The number of hydrogen-bond donors (Lipinski definition) is 0. The summed E-state index contributed by atoms with van der Waals surface area (Å²) in [6, 6.07) is 1.85. The molecule has 1 aliphatic rings. The fourth-order valence-electron chi connectivity index (χ4n) is 3.24. The number of carbonyl (C=O) groups is 2. The molecule has 0 atom stereocenters. The maximum atomic E-state index is 12.5. The molecule has 0 aliphatic carbocycles. The van der Waals surface area contributed by atoms with Gasteiger partial charge in [-0.3, -0.25) is 19.3 Å². The lowest BCUT2D eigenvalue weighted by Crippen LogP contribution is -2.42. The molecule has 0 radical (unpaired) electrons. The highest BCUT2D eigenvalue weighted by molar-refractivity contribution is 6.18. The Hall–Kier alpha value is -4.17. The number of amides is 2. The monoisotopic (exact) mass is 417 g/mol. The van der Waals surface area contributed by atoms with Crippen LogP contribution in [0, 0.1) is 24.8 Å². The van der Waals surface area contributed by atoms with E-state index in [0.29, 0.717) is 11.1 Å². The zero-order valence-corrected chi connectivity index (χ0v) is 17.7. The summed E-state index contributed by atoms with van der Waals surface area (Å²) in [7, 11) is 0. The number of allylic oxidation sites excluding steroid dienone is 4. The van der Waals surface area contributed by atoms with Gasteiger partial charge in [0.15, 0.2) is 5.69 Å². The van der Waals surface area contributed by atoms with Crippen LogP contribution in [0.2, 0.25) is 0 Å². The van der Waals surface area contributed by atoms with E-state index >= 15 is 0 Å². The number of carbonyl (C=O) groups excluding carboxylic acids is 2. The molecule has 1 aromatic rings. The Morgan fingerprint density at radius 2 is 1.77 bits per heavy atom. The summed E-state index contributed by atoms with van der Waals surface area (Å²) in [5.41, 5.74) is 0.463. The SMILES string of the molecule is [C-]#[N+]c1c(C)c(C=CC=C/C=C2\C(=O)N(CC)C(=O)C(C#N)=C2C)c(=O)n(CC)c1[O-]. The van der Waals surface area contributed by atoms with Crippen LogP contribution in [0.15, 0.2) is 45.8 Å². The van der Waals surface area contributed by atoms with Gasteiger partial charge in [0.25, 0.3) is 17.4 Å². The van der Waals surface area contributed by atoms with Gasteiger partial charge in [0, 0.05) is 24.2 Å². The Kier molecular flexibility index (Phi) is 7.12. The van der Waals surface area contributed by atoms with E-state index in [1.54, 1.807) is 45.9 Å². The fraction of sp³-hybridized carbons (Fsp3) is 0.261. The lowest BCUT2D eigenvalue weighted by atomic mass is 9.95. The Morgan fingerprint density at radius 1 is 1.10 bits per heavy atom. The highest BCUT2D eigenvalue weighted by Gasteiger charge is 2.33. The standard InChI is InChI=1S/C23H22N4O4/c1-6-26-20(28)16(14(3)18(13-24)22(26)30)11-9-8-10-12-17-15(4)19(25-5)23(31)27(7-2)21(17)29/h8-12,31H,6-7H2,1-4H3/p-1/b9-8?,12-10?,16-11-. The van der Waals surface area contributed by atoms with Crippen molar-refractivity contribution in [3.63, 3.8) is 0 Å². The van der Waals surface area contributed by atoms with E-state index < -0.39 is 23.3 Å². The molecule has 2 heterocycles. The molecule has 0 saturated heterocycles. The third-order valence-corrected chi connectivity index (χ3v) is 5.00. The first-order valence-electron chi connectivity index (χ1n) is 9.59. The molecular formula is C23H21N4O4-. The summed E-state index contributed by atoms with van der Waals surface area (Å²) in [4.78, 5) is 41.5. The molecule has 1 aromatic heterocycles. The van der Waals surface area contributed by atoms with Crippen LogP contribution in [-0.4, -0.2) is 27.8 Å². The first-order valence-corrected chi connectivity index (χ1v) is 9.59. The van der Waals surface area contributed by atoms with E-state index in [1.165, 1.54) is 12.2 Å². The minimum atomic E-state index is -0.603. The molecule has 0 N–H and O–H groups in total. The average Bonchev–Trinajstić information content (AvgIpc) is 2.73. The van der Waals surface area contributed by atoms with Gasteiger partial charge in [0.05, 0.1) is 6.57 Å². The second-order valence-corrected chi connectivity index (χ2v) is 6.64. The van der Waals surface area contributed by atoms with Crippen molar-refractivity contribution in [3.05, 3.63) is 73.9 Å². The van der Waals surface area contributed by atoms with Crippen molar-refractivity contribution in [2.45, 2.75) is 34.2 Å². The Labute approximate surface area is 180 Å². The predicted octanol–water partition coefficient (Wildman–Crippen LogP) is 2.53. The van der Waals surface area contributed by atoms with Crippen LogP contribution in [0.4, 0.5) is 5.69 Å². The van der Waals surface area contributed by atoms with Crippen LogP contribution >= 0.6 is 0 Å².